The SMILES string of the molecule is [c]1ccc2c(c1)-c1c(ccc3ccccc13)C2. The molecule has 0 aliphatic heterocycles. The first kappa shape index (κ1) is 9.00. The lowest BCUT2D eigenvalue weighted by Crippen LogP contribution is -1.81. The van der Waals surface area contributed by atoms with Crippen molar-refractivity contribution in [2.24, 2.45) is 0 Å². The highest BCUT2D eigenvalue weighted by molar-refractivity contribution is 6.00. The average molecular weight is 215 g/mol. The van der Waals surface area contributed by atoms with Crippen LogP contribution in [0.2, 0.25) is 0 Å². The molecule has 1 aliphatic carbocycles. The van der Waals surface area contributed by atoms with Gasteiger partial charge in [0.25, 0.3) is 0 Å². The monoisotopic (exact) mass is 215 g/mol. The summed E-state index contributed by atoms with van der Waals surface area (Å²) in [6.07, 6.45) is 1.06. The minimum atomic E-state index is 1.06. The molecular formula is C17H11. The van der Waals surface area contributed by atoms with E-state index < -0.39 is 0 Å². The fraction of sp³-hybridized carbons (Fsp3) is 0.0588. The molecule has 0 amide bonds. The summed E-state index contributed by atoms with van der Waals surface area (Å²) in [5, 5.41) is 2.69. The first-order chi connectivity index (χ1) is 8.43. The summed E-state index contributed by atoms with van der Waals surface area (Å²) in [4.78, 5) is 0. The molecule has 0 heterocycles. The quantitative estimate of drug-likeness (QED) is 0.412. The maximum atomic E-state index is 3.20. The molecule has 3 aromatic carbocycles. The molecule has 17 heavy (non-hydrogen) atoms. The summed E-state index contributed by atoms with van der Waals surface area (Å²) in [6.45, 7) is 0. The Balaban J connectivity index is 2.17. The molecule has 1 aliphatic rings. The van der Waals surface area contributed by atoms with Gasteiger partial charge in [0.05, 0.1) is 0 Å². The summed E-state index contributed by atoms with van der Waals surface area (Å²) in [6, 6.07) is 22.6. The van der Waals surface area contributed by atoms with Crippen molar-refractivity contribution in [1.82, 2.24) is 0 Å². The largest absolute Gasteiger partial charge is 0.0616 e. The standard InChI is InChI=1S/C17H11/c1-3-7-15-12(5-1)9-10-14-11-13-6-2-4-8-16(13)17(14)15/h1-3,5-10H,11H2. The van der Waals surface area contributed by atoms with Gasteiger partial charge in [-0.2, -0.15) is 0 Å². The second-order valence-corrected chi connectivity index (χ2v) is 4.58. The topological polar surface area (TPSA) is 0 Å². The lowest BCUT2D eigenvalue weighted by Gasteiger charge is -2.06. The number of fused-ring (bicyclic) bond motifs is 5. The van der Waals surface area contributed by atoms with E-state index in [1.807, 2.05) is 6.07 Å². The van der Waals surface area contributed by atoms with Crippen molar-refractivity contribution in [3.63, 3.8) is 0 Å². The normalized spacial score (nSPS) is 12.5. The Hall–Kier alpha value is -2.08. The lowest BCUT2D eigenvalue weighted by atomic mass is 9.98. The molecule has 0 heteroatoms. The number of hydrogen-bond donors (Lipinski definition) is 0. The minimum absolute atomic E-state index is 1.06. The van der Waals surface area contributed by atoms with E-state index in [0.717, 1.165) is 6.42 Å². The van der Waals surface area contributed by atoms with Crippen LogP contribution in [0.15, 0.2) is 54.6 Å². The van der Waals surface area contributed by atoms with Crippen LogP contribution in [0.1, 0.15) is 11.1 Å². The Morgan fingerprint density at radius 2 is 1.82 bits per heavy atom. The van der Waals surface area contributed by atoms with Crippen molar-refractivity contribution in [3.05, 3.63) is 71.8 Å². The van der Waals surface area contributed by atoms with Gasteiger partial charge in [0.15, 0.2) is 0 Å². The fourth-order valence-electron chi connectivity index (χ4n) is 2.84. The predicted molar refractivity (Wildman–Crippen MR) is 71.0 cm³/mol. The molecule has 0 unspecified atom stereocenters. The zero-order valence-electron chi connectivity index (χ0n) is 9.40. The van der Waals surface area contributed by atoms with E-state index in [2.05, 4.69) is 54.6 Å². The van der Waals surface area contributed by atoms with Crippen molar-refractivity contribution in [1.29, 1.82) is 0 Å². The number of rotatable bonds is 0. The van der Waals surface area contributed by atoms with Crippen LogP contribution in [0.4, 0.5) is 0 Å². The van der Waals surface area contributed by atoms with E-state index in [9.17, 15) is 0 Å². The van der Waals surface area contributed by atoms with E-state index in [4.69, 9.17) is 0 Å². The van der Waals surface area contributed by atoms with Gasteiger partial charge in [-0.25, -0.2) is 0 Å². The van der Waals surface area contributed by atoms with E-state index in [0.29, 0.717) is 0 Å². The third-order valence-electron chi connectivity index (χ3n) is 3.62. The van der Waals surface area contributed by atoms with Crippen molar-refractivity contribution in [2.45, 2.75) is 6.42 Å². The summed E-state index contributed by atoms with van der Waals surface area (Å²) < 4.78 is 0. The molecule has 0 atom stereocenters. The van der Waals surface area contributed by atoms with Crippen LogP contribution in [-0.4, -0.2) is 0 Å². The van der Waals surface area contributed by atoms with Crippen LogP contribution < -0.4 is 0 Å². The molecular weight excluding hydrogens is 204 g/mol. The molecule has 0 nitrogen and oxygen atoms in total. The Bertz CT molecular complexity index is 723. The summed E-state index contributed by atoms with van der Waals surface area (Å²) in [5.74, 6) is 0. The molecule has 0 saturated carbocycles. The van der Waals surface area contributed by atoms with Crippen LogP contribution in [0, 0.1) is 6.07 Å². The highest BCUT2D eigenvalue weighted by Gasteiger charge is 2.19. The van der Waals surface area contributed by atoms with Gasteiger partial charge in [0.1, 0.15) is 0 Å². The van der Waals surface area contributed by atoms with Gasteiger partial charge < -0.3 is 0 Å². The van der Waals surface area contributed by atoms with E-state index >= 15 is 0 Å². The van der Waals surface area contributed by atoms with Crippen LogP contribution in [0.3, 0.4) is 0 Å². The third kappa shape index (κ3) is 1.18. The predicted octanol–water partition coefficient (Wildman–Crippen LogP) is 4.21. The van der Waals surface area contributed by atoms with Crippen LogP contribution in [0.5, 0.6) is 0 Å². The van der Waals surface area contributed by atoms with Gasteiger partial charge in [-0.3, -0.25) is 0 Å². The smallest absolute Gasteiger partial charge is 0.00132 e. The molecule has 0 spiro atoms. The Labute approximate surface area is 101 Å². The molecule has 4 rings (SSSR count). The molecule has 0 aromatic heterocycles. The summed E-state index contributed by atoms with van der Waals surface area (Å²) in [7, 11) is 0. The van der Waals surface area contributed by atoms with E-state index in [1.54, 1.807) is 0 Å². The molecule has 79 valence electrons. The molecule has 0 bridgehead atoms. The maximum absolute atomic E-state index is 3.20. The Kier molecular flexibility index (Phi) is 1.70. The summed E-state index contributed by atoms with van der Waals surface area (Å²) >= 11 is 0. The number of benzene rings is 3. The van der Waals surface area contributed by atoms with Crippen molar-refractivity contribution < 1.29 is 0 Å². The van der Waals surface area contributed by atoms with Gasteiger partial charge in [0.2, 0.25) is 0 Å². The lowest BCUT2D eigenvalue weighted by molar-refractivity contribution is 1.27. The van der Waals surface area contributed by atoms with Gasteiger partial charge in [0, 0.05) is 0 Å². The zero-order valence-corrected chi connectivity index (χ0v) is 9.40. The molecule has 0 N–H and O–H groups in total. The van der Waals surface area contributed by atoms with Crippen molar-refractivity contribution >= 4 is 10.8 Å². The first-order valence-corrected chi connectivity index (χ1v) is 5.93. The highest BCUT2D eigenvalue weighted by Crippen LogP contribution is 2.40. The van der Waals surface area contributed by atoms with Crippen molar-refractivity contribution in [2.75, 3.05) is 0 Å². The van der Waals surface area contributed by atoms with E-state index in [-0.39, 0.29) is 0 Å². The highest BCUT2D eigenvalue weighted by atomic mass is 14.2. The second-order valence-electron chi connectivity index (χ2n) is 4.58. The molecule has 0 saturated heterocycles. The maximum Gasteiger partial charge on any atom is -0.00132 e. The first-order valence-electron chi connectivity index (χ1n) is 5.93. The molecule has 3 aromatic rings. The Morgan fingerprint density at radius 1 is 0.882 bits per heavy atom. The van der Waals surface area contributed by atoms with Gasteiger partial charge in [-0.05, 0) is 51.6 Å². The van der Waals surface area contributed by atoms with Gasteiger partial charge in [-0.15, -0.1) is 0 Å². The second kappa shape index (κ2) is 3.21. The van der Waals surface area contributed by atoms with Gasteiger partial charge in [-0.1, -0.05) is 48.5 Å². The van der Waals surface area contributed by atoms with Crippen LogP contribution >= 0.6 is 0 Å². The molecule has 0 fully saturated rings. The summed E-state index contributed by atoms with van der Waals surface area (Å²) in [5.41, 5.74) is 5.64. The van der Waals surface area contributed by atoms with Crippen molar-refractivity contribution in [3.8, 4) is 11.1 Å². The number of hydrogen-bond acceptors (Lipinski definition) is 0. The van der Waals surface area contributed by atoms with Gasteiger partial charge >= 0.3 is 0 Å². The minimum Gasteiger partial charge on any atom is -0.0616 e. The average Bonchev–Trinajstić information content (AvgIpc) is 2.77. The third-order valence-corrected chi connectivity index (χ3v) is 3.62. The van der Waals surface area contributed by atoms with Crippen LogP contribution in [-0.2, 0) is 6.42 Å². The zero-order chi connectivity index (χ0) is 11.2. The van der Waals surface area contributed by atoms with Crippen LogP contribution in [0.25, 0.3) is 21.9 Å². The Morgan fingerprint density at radius 3 is 2.82 bits per heavy atom. The molecule has 1 radical (unpaired) electrons. The van der Waals surface area contributed by atoms with E-state index in [1.165, 1.54) is 33.0 Å². The fourth-order valence-corrected chi connectivity index (χ4v) is 2.84.